The third-order valence-electron chi connectivity index (χ3n) is 2.55. The molecular formula is C12H9ClN4. The molecule has 2 N–H and O–H groups in total. The number of fused-ring (bicyclic) bond motifs is 1. The van der Waals surface area contributed by atoms with E-state index in [-0.39, 0.29) is 0 Å². The zero-order chi connectivity index (χ0) is 11.8. The molecule has 4 nitrogen and oxygen atoms in total. The van der Waals surface area contributed by atoms with Crippen LogP contribution < -0.4 is 5.73 Å². The number of nitrogens with two attached hydrogens (primary N) is 1. The van der Waals surface area contributed by atoms with E-state index in [2.05, 4.69) is 10.1 Å². The fraction of sp³-hybridized carbons (Fsp3) is 0. The molecule has 3 rings (SSSR count). The van der Waals surface area contributed by atoms with Gasteiger partial charge >= 0.3 is 0 Å². The Morgan fingerprint density at radius 3 is 2.76 bits per heavy atom. The average Bonchev–Trinajstić information content (AvgIpc) is 2.72. The number of nitrogens with zero attached hydrogens (tertiary/aromatic N) is 3. The summed E-state index contributed by atoms with van der Waals surface area (Å²) < 4.78 is 1.68. The summed E-state index contributed by atoms with van der Waals surface area (Å²) in [5.41, 5.74) is 8.17. The summed E-state index contributed by atoms with van der Waals surface area (Å²) in [6.07, 6.45) is 3.51. The van der Waals surface area contributed by atoms with Gasteiger partial charge < -0.3 is 5.73 Å². The van der Waals surface area contributed by atoms with Gasteiger partial charge in [0, 0.05) is 22.3 Å². The molecule has 2 heterocycles. The third-order valence-corrected chi connectivity index (χ3v) is 2.88. The van der Waals surface area contributed by atoms with Crippen molar-refractivity contribution in [3.63, 3.8) is 0 Å². The molecule has 0 aliphatic carbocycles. The summed E-state index contributed by atoms with van der Waals surface area (Å²) in [6, 6.07) is 9.30. The van der Waals surface area contributed by atoms with E-state index in [0.29, 0.717) is 16.5 Å². The van der Waals surface area contributed by atoms with Gasteiger partial charge in [-0.05, 0) is 12.1 Å². The Bertz CT molecular complexity index is 690. The second-order valence-electron chi connectivity index (χ2n) is 3.66. The van der Waals surface area contributed by atoms with E-state index in [1.54, 1.807) is 23.0 Å². The van der Waals surface area contributed by atoms with E-state index in [1.807, 2.05) is 24.3 Å². The normalized spacial score (nSPS) is 10.9. The fourth-order valence-corrected chi connectivity index (χ4v) is 1.99. The smallest absolute Gasteiger partial charge is 0.165 e. The highest BCUT2D eigenvalue weighted by molar-refractivity contribution is 6.33. The van der Waals surface area contributed by atoms with E-state index in [0.717, 1.165) is 11.1 Å². The highest BCUT2D eigenvalue weighted by atomic mass is 35.5. The Morgan fingerprint density at radius 2 is 1.94 bits per heavy atom. The number of nitrogen functional groups attached to an aromatic ring is 1. The van der Waals surface area contributed by atoms with Crippen LogP contribution >= 0.6 is 11.6 Å². The standard InChI is InChI=1S/C12H9ClN4/c13-10-4-2-1-3-8(10)9-7-15-17-6-5-11(14)16-12(9)17/h1-7H,(H2,14,16). The average molecular weight is 245 g/mol. The van der Waals surface area contributed by atoms with Crippen LogP contribution in [0.5, 0.6) is 0 Å². The van der Waals surface area contributed by atoms with Crippen LogP contribution in [0.15, 0.2) is 42.7 Å². The van der Waals surface area contributed by atoms with Gasteiger partial charge in [0.15, 0.2) is 5.65 Å². The van der Waals surface area contributed by atoms with Gasteiger partial charge in [-0.15, -0.1) is 0 Å². The summed E-state index contributed by atoms with van der Waals surface area (Å²) in [7, 11) is 0. The van der Waals surface area contributed by atoms with Gasteiger partial charge in [0.25, 0.3) is 0 Å². The first-order valence-electron chi connectivity index (χ1n) is 5.10. The maximum Gasteiger partial charge on any atom is 0.165 e. The molecule has 2 aromatic heterocycles. The molecule has 0 spiro atoms. The molecule has 0 fully saturated rings. The van der Waals surface area contributed by atoms with Crippen LogP contribution in [0, 0.1) is 0 Å². The summed E-state index contributed by atoms with van der Waals surface area (Å²) in [4.78, 5) is 4.27. The number of anilines is 1. The molecule has 3 aromatic rings. The van der Waals surface area contributed by atoms with Gasteiger partial charge in [-0.25, -0.2) is 9.50 Å². The van der Waals surface area contributed by atoms with Crippen LogP contribution in [0.25, 0.3) is 16.8 Å². The SMILES string of the molecule is Nc1ccn2ncc(-c3ccccc3Cl)c2n1. The molecule has 0 saturated carbocycles. The predicted octanol–water partition coefficient (Wildman–Crippen LogP) is 2.63. The van der Waals surface area contributed by atoms with Crippen molar-refractivity contribution in [3.8, 4) is 11.1 Å². The molecule has 0 saturated heterocycles. The number of aromatic nitrogens is 3. The van der Waals surface area contributed by atoms with Gasteiger partial charge in [0.05, 0.1) is 6.20 Å². The molecule has 0 atom stereocenters. The van der Waals surface area contributed by atoms with E-state index in [4.69, 9.17) is 17.3 Å². The first-order valence-corrected chi connectivity index (χ1v) is 5.48. The van der Waals surface area contributed by atoms with Gasteiger partial charge in [-0.3, -0.25) is 0 Å². The van der Waals surface area contributed by atoms with Crippen molar-refractivity contribution in [1.29, 1.82) is 0 Å². The monoisotopic (exact) mass is 244 g/mol. The first-order chi connectivity index (χ1) is 8.25. The van der Waals surface area contributed by atoms with Crippen molar-refractivity contribution < 1.29 is 0 Å². The maximum absolute atomic E-state index is 6.16. The molecule has 84 valence electrons. The highest BCUT2D eigenvalue weighted by Crippen LogP contribution is 2.29. The highest BCUT2D eigenvalue weighted by Gasteiger charge is 2.10. The van der Waals surface area contributed by atoms with Crippen molar-refractivity contribution in [2.45, 2.75) is 0 Å². The minimum Gasteiger partial charge on any atom is -0.384 e. The Labute approximate surface area is 103 Å². The van der Waals surface area contributed by atoms with Crippen molar-refractivity contribution in [1.82, 2.24) is 14.6 Å². The van der Waals surface area contributed by atoms with Crippen molar-refractivity contribution in [2.24, 2.45) is 0 Å². The lowest BCUT2D eigenvalue weighted by molar-refractivity contribution is 0.942. The summed E-state index contributed by atoms with van der Waals surface area (Å²) in [6.45, 7) is 0. The molecule has 1 aromatic carbocycles. The predicted molar refractivity (Wildman–Crippen MR) is 67.8 cm³/mol. The third kappa shape index (κ3) is 1.62. The summed E-state index contributed by atoms with van der Waals surface area (Å²) in [5, 5.41) is 4.89. The minimum atomic E-state index is 0.464. The summed E-state index contributed by atoms with van der Waals surface area (Å²) in [5.74, 6) is 0.464. The van der Waals surface area contributed by atoms with E-state index in [9.17, 15) is 0 Å². The molecule has 17 heavy (non-hydrogen) atoms. The van der Waals surface area contributed by atoms with Gasteiger partial charge in [-0.1, -0.05) is 29.8 Å². The Morgan fingerprint density at radius 1 is 1.12 bits per heavy atom. The molecule has 0 aliphatic rings. The van der Waals surface area contributed by atoms with Crippen LogP contribution in [0.1, 0.15) is 0 Å². The lowest BCUT2D eigenvalue weighted by atomic mass is 10.1. The summed E-state index contributed by atoms with van der Waals surface area (Å²) >= 11 is 6.16. The number of hydrogen-bond acceptors (Lipinski definition) is 3. The van der Waals surface area contributed by atoms with Crippen LogP contribution in [0.4, 0.5) is 5.82 Å². The van der Waals surface area contributed by atoms with Crippen LogP contribution in [0.3, 0.4) is 0 Å². The van der Waals surface area contributed by atoms with Crippen molar-refractivity contribution >= 4 is 23.1 Å². The van der Waals surface area contributed by atoms with Gasteiger partial charge in [-0.2, -0.15) is 5.10 Å². The number of rotatable bonds is 1. The largest absolute Gasteiger partial charge is 0.384 e. The van der Waals surface area contributed by atoms with E-state index >= 15 is 0 Å². The Hall–Kier alpha value is -2.07. The van der Waals surface area contributed by atoms with E-state index in [1.165, 1.54) is 0 Å². The molecule has 0 aliphatic heterocycles. The topological polar surface area (TPSA) is 56.2 Å². The second kappa shape index (κ2) is 3.75. The lowest BCUT2D eigenvalue weighted by Gasteiger charge is -2.01. The molecular weight excluding hydrogens is 236 g/mol. The quantitative estimate of drug-likeness (QED) is 0.716. The van der Waals surface area contributed by atoms with Crippen molar-refractivity contribution in [3.05, 3.63) is 47.7 Å². The van der Waals surface area contributed by atoms with Crippen molar-refractivity contribution in [2.75, 3.05) is 5.73 Å². The number of hydrogen-bond donors (Lipinski definition) is 1. The number of halogens is 1. The van der Waals surface area contributed by atoms with Crippen LogP contribution in [-0.2, 0) is 0 Å². The second-order valence-corrected chi connectivity index (χ2v) is 4.07. The first kappa shape index (κ1) is 10.1. The molecule has 0 radical (unpaired) electrons. The molecule has 5 heteroatoms. The Kier molecular flexibility index (Phi) is 2.23. The Balaban J connectivity index is 2.31. The number of benzene rings is 1. The zero-order valence-corrected chi connectivity index (χ0v) is 9.59. The minimum absolute atomic E-state index is 0.464. The molecule has 0 amide bonds. The zero-order valence-electron chi connectivity index (χ0n) is 8.84. The van der Waals surface area contributed by atoms with Crippen LogP contribution in [-0.4, -0.2) is 14.6 Å². The van der Waals surface area contributed by atoms with Crippen LogP contribution in [0.2, 0.25) is 5.02 Å². The van der Waals surface area contributed by atoms with E-state index < -0.39 is 0 Å². The lowest BCUT2D eigenvalue weighted by Crippen LogP contribution is -1.95. The molecule has 0 bridgehead atoms. The molecule has 0 unspecified atom stereocenters. The van der Waals surface area contributed by atoms with Gasteiger partial charge in [0.2, 0.25) is 0 Å². The maximum atomic E-state index is 6.16. The van der Waals surface area contributed by atoms with Gasteiger partial charge in [0.1, 0.15) is 5.82 Å². The fourth-order valence-electron chi connectivity index (χ4n) is 1.75.